The van der Waals surface area contributed by atoms with E-state index >= 15 is 0 Å². The van der Waals surface area contributed by atoms with Gasteiger partial charge in [0.15, 0.2) is 0 Å². The van der Waals surface area contributed by atoms with E-state index in [2.05, 4.69) is 20.6 Å². The maximum atomic E-state index is 12.4. The van der Waals surface area contributed by atoms with Crippen LogP contribution < -0.4 is 20.1 Å². The Bertz CT molecular complexity index is 957. The molecule has 1 amide bonds. The second kappa shape index (κ2) is 9.54. The lowest BCUT2D eigenvalue weighted by molar-refractivity contribution is 0.102. The molecule has 0 atom stereocenters. The third-order valence-electron chi connectivity index (χ3n) is 4.48. The lowest BCUT2D eigenvalue weighted by Crippen LogP contribution is -2.16. The summed E-state index contributed by atoms with van der Waals surface area (Å²) in [6.45, 7) is 4.96. The van der Waals surface area contributed by atoms with Crippen molar-refractivity contribution in [3.63, 3.8) is 0 Å². The van der Waals surface area contributed by atoms with E-state index < -0.39 is 0 Å². The zero-order valence-electron chi connectivity index (χ0n) is 16.7. The van der Waals surface area contributed by atoms with Gasteiger partial charge in [0, 0.05) is 18.1 Å². The van der Waals surface area contributed by atoms with Crippen molar-refractivity contribution in [2.45, 2.75) is 13.8 Å². The van der Waals surface area contributed by atoms with Crippen molar-refractivity contribution >= 4 is 17.5 Å². The number of aryl methyl sites for hydroxylation is 1. The summed E-state index contributed by atoms with van der Waals surface area (Å²) < 4.78 is 10.7. The molecule has 0 bridgehead atoms. The minimum Gasteiger partial charge on any atom is -0.497 e. The average molecular weight is 392 g/mol. The molecule has 0 radical (unpaired) electrons. The summed E-state index contributed by atoms with van der Waals surface area (Å²) in [7, 11) is 1.62. The van der Waals surface area contributed by atoms with Crippen LogP contribution in [0.5, 0.6) is 11.5 Å². The number of ether oxygens (including phenoxy) is 2. The van der Waals surface area contributed by atoms with E-state index in [-0.39, 0.29) is 5.91 Å². The maximum absolute atomic E-state index is 12.4. The molecule has 7 heteroatoms. The second-order valence-corrected chi connectivity index (χ2v) is 6.45. The van der Waals surface area contributed by atoms with E-state index in [0.717, 1.165) is 28.3 Å². The monoisotopic (exact) mass is 392 g/mol. The van der Waals surface area contributed by atoms with Crippen molar-refractivity contribution in [2.24, 2.45) is 0 Å². The van der Waals surface area contributed by atoms with Crippen LogP contribution in [-0.2, 0) is 0 Å². The van der Waals surface area contributed by atoms with Gasteiger partial charge in [0.25, 0.3) is 5.91 Å². The van der Waals surface area contributed by atoms with Crippen LogP contribution in [0.2, 0.25) is 0 Å². The van der Waals surface area contributed by atoms with Gasteiger partial charge < -0.3 is 20.1 Å². The van der Waals surface area contributed by atoms with Crippen LogP contribution >= 0.6 is 0 Å². The predicted molar refractivity (Wildman–Crippen MR) is 113 cm³/mol. The predicted octanol–water partition coefficient (Wildman–Crippen LogP) is 3.85. The lowest BCUT2D eigenvalue weighted by Gasteiger charge is -2.10. The van der Waals surface area contributed by atoms with Crippen LogP contribution in [0.1, 0.15) is 21.5 Å². The van der Waals surface area contributed by atoms with Gasteiger partial charge in [0.05, 0.1) is 19.2 Å². The number of carbonyl (C=O) groups excluding carboxylic acids is 1. The standard InChI is InChI=1S/C22H24N4O3/c1-15-5-4-6-20(16(15)2)26-21(27)17-13-24-22(25-14-17)23-11-12-29-19-9-7-18(28-3)8-10-19/h4-10,13-14H,11-12H2,1-3H3,(H,26,27)(H,23,24,25). The molecule has 0 aliphatic carbocycles. The average Bonchev–Trinajstić information content (AvgIpc) is 2.75. The molecule has 0 saturated carbocycles. The van der Waals surface area contributed by atoms with E-state index in [0.29, 0.717) is 24.7 Å². The molecule has 0 saturated heterocycles. The highest BCUT2D eigenvalue weighted by Crippen LogP contribution is 2.19. The molecule has 2 aromatic carbocycles. The molecule has 29 heavy (non-hydrogen) atoms. The quantitative estimate of drug-likeness (QED) is 0.567. The topological polar surface area (TPSA) is 85.4 Å². The van der Waals surface area contributed by atoms with Crippen LogP contribution in [-0.4, -0.2) is 36.1 Å². The summed E-state index contributed by atoms with van der Waals surface area (Å²) in [5.74, 6) is 1.73. The van der Waals surface area contributed by atoms with Gasteiger partial charge in [-0.3, -0.25) is 4.79 Å². The minimum absolute atomic E-state index is 0.243. The minimum atomic E-state index is -0.243. The van der Waals surface area contributed by atoms with Crippen LogP contribution in [0, 0.1) is 13.8 Å². The summed E-state index contributed by atoms with van der Waals surface area (Å²) in [5.41, 5.74) is 3.34. The van der Waals surface area contributed by atoms with Gasteiger partial charge in [-0.05, 0) is 55.3 Å². The first-order valence-electron chi connectivity index (χ1n) is 9.27. The zero-order chi connectivity index (χ0) is 20.6. The number of aromatic nitrogens is 2. The zero-order valence-corrected chi connectivity index (χ0v) is 16.7. The Morgan fingerprint density at radius 1 is 1.00 bits per heavy atom. The number of hydrogen-bond acceptors (Lipinski definition) is 6. The molecule has 0 unspecified atom stereocenters. The molecule has 2 N–H and O–H groups in total. The highest BCUT2D eigenvalue weighted by atomic mass is 16.5. The fraction of sp³-hybridized carbons (Fsp3) is 0.227. The number of benzene rings is 2. The number of rotatable bonds is 8. The van der Waals surface area contributed by atoms with Crippen LogP contribution in [0.25, 0.3) is 0 Å². The van der Waals surface area contributed by atoms with Crippen molar-refractivity contribution in [1.82, 2.24) is 9.97 Å². The molecule has 150 valence electrons. The highest BCUT2D eigenvalue weighted by Gasteiger charge is 2.10. The Morgan fingerprint density at radius 3 is 2.38 bits per heavy atom. The number of anilines is 2. The Balaban J connectivity index is 1.48. The highest BCUT2D eigenvalue weighted by molar-refractivity contribution is 6.04. The first-order valence-corrected chi connectivity index (χ1v) is 9.27. The maximum Gasteiger partial charge on any atom is 0.258 e. The summed E-state index contributed by atoms with van der Waals surface area (Å²) in [5, 5.41) is 5.96. The lowest BCUT2D eigenvalue weighted by atomic mass is 10.1. The Kier molecular flexibility index (Phi) is 6.63. The molecule has 1 heterocycles. The van der Waals surface area contributed by atoms with Gasteiger partial charge in [-0.15, -0.1) is 0 Å². The molecule has 7 nitrogen and oxygen atoms in total. The third kappa shape index (κ3) is 5.44. The van der Waals surface area contributed by atoms with E-state index in [4.69, 9.17) is 9.47 Å². The molecule has 0 spiro atoms. The molecule has 3 rings (SSSR count). The molecule has 0 fully saturated rings. The first-order chi connectivity index (χ1) is 14.1. The number of nitrogens with zero attached hydrogens (tertiary/aromatic N) is 2. The van der Waals surface area contributed by atoms with Gasteiger partial charge in [0.1, 0.15) is 18.1 Å². The summed E-state index contributed by atoms with van der Waals surface area (Å²) >= 11 is 0. The van der Waals surface area contributed by atoms with E-state index in [1.54, 1.807) is 7.11 Å². The molecular formula is C22H24N4O3. The van der Waals surface area contributed by atoms with Crippen molar-refractivity contribution in [2.75, 3.05) is 30.9 Å². The molecule has 0 aliphatic rings. The SMILES string of the molecule is COc1ccc(OCCNc2ncc(C(=O)Nc3cccc(C)c3C)cn2)cc1. The summed E-state index contributed by atoms with van der Waals surface area (Å²) in [4.78, 5) is 20.8. The normalized spacial score (nSPS) is 10.3. The van der Waals surface area contributed by atoms with Crippen molar-refractivity contribution in [3.8, 4) is 11.5 Å². The van der Waals surface area contributed by atoms with Crippen molar-refractivity contribution < 1.29 is 14.3 Å². The molecule has 1 aromatic heterocycles. The van der Waals surface area contributed by atoms with Crippen molar-refractivity contribution in [1.29, 1.82) is 0 Å². The van der Waals surface area contributed by atoms with Crippen LogP contribution in [0.4, 0.5) is 11.6 Å². The number of nitrogens with one attached hydrogen (secondary N) is 2. The third-order valence-corrected chi connectivity index (χ3v) is 4.48. The van der Waals surface area contributed by atoms with E-state index in [1.807, 2.05) is 56.3 Å². The van der Waals surface area contributed by atoms with Crippen LogP contribution in [0.15, 0.2) is 54.9 Å². The smallest absolute Gasteiger partial charge is 0.258 e. The van der Waals surface area contributed by atoms with Gasteiger partial charge in [-0.1, -0.05) is 12.1 Å². The Labute approximate surface area is 170 Å². The van der Waals surface area contributed by atoms with Crippen LogP contribution in [0.3, 0.4) is 0 Å². The summed E-state index contributed by atoms with van der Waals surface area (Å²) in [6.07, 6.45) is 3.00. The fourth-order valence-corrected chi connectivity index (χ4v) is 2.62. The molecule has 0 aliphatic heterocycles. The van der Waals surface area contributed by atoms with Gasteiger partial charge in [0.2, 0.25) is 5.95 Å². The first kappa shape index (κ1) is 20.1. The Hall–Kier alpha value is -3.61. The number of methoxy groups -OCH3 is 1. The fourth-order valence-electron chi connectivity index (χ4n) is 2.62. The number of hydrogen-bond donors (Lipinski definition) is 2. The largest absolute Gasteiger partial charge is 0.497 e. The van der Waals surface area contributed by atoms with E-state index in [1.165, 1.54) is 12.4 Å². The number of carbonyl (C=O) groups is 1. The molecular weight excluding hydrogens is 368 g/mol. The number of amides is 1. The second-order valence-electron chi connectivity index (χ2n) is 6.45. The summed E-state index contributed by atoms with van der Waals surface area (Å²) in [6, 6.07) is 13.2. The van der Waals surface area contributed by atoms with Gasteiger partial charge >= 0.3 is 0 Å². The van der Waals surface area contributed by atoms with E-state index in [9.17, 15) is 4.79 Å². The molecule has 3 aromatic rings. The van der Waals surface area contributed by atoms with Gasteiger partial charge in [-0.2, -0.15) is 0 Å². The van der Waals surface area contributed by atoms with Gasteiger partial charge in [-0.25, -0.2) is 9.97 Å². The Morgan fingerprint density at radius 2 is 1.69 bits per heavy atom. The van der Waals surface area contributed by atoms with Crippen molar-refractivity contribution in [3.05, 3.63) is 71.5 Å².